The third-order valence-electron chi connectivity index (χ3n) is 11.6. The van der Waals surface area contributed by atoms with Gasteiger partial charge in [0, 0.05) is 0 Å². The van der Waals surface area contributed by atoms with E-state index in [2.05, 4.69) is 6.92 Å². The molecule has 0 saturated carbocycles. The minimum absolute atomic E-state index is 0.0454. The van der Waals surface area contributed by atoms with Crippen molar-refractivity contribution >= 4 is 53.7 Å². The number of carboxylic acid groups (broad SMARTS) is 8. The van der Waals surface area contributed by atoms with Gasteiger partial charge in [0.1, 0.15) is 0 Å². The number of aliphatic carboxylic acids is 8. The van der Waals surface area contributed by atoms with Crippen LogP contribution in [0.4, 0.5) is 0 Å². The van der Waals surface area contributed by atoms with Crippen LogP contribution in [0.3, 0.4) is 0 Å². The molecule has 62 heavy (non-hydrogen) atoms. The molecule has 0 aromatic carbocycles. The lowest BCUT2D eigenvalue weighted by molar-refractivity contribution is -0.155. The minimum atomic E-state index is -1.69. The molecule has 0 aliphatic carbocycles. The molecule has 0 bridgehead atoms. The molecule has 0 aliphatic heterocycles. The number of hydrogen-bond acceptors (Lipinski definition) is 10. The molecule has 0 aromatic rings. The van der Waals surface area contributed by atoms with Gasteiger partial charge in [-0.15, -0.1) is 0 Å². The Kier molecular flexibility index (Phi) is 30.6. The van der Waals surface area contributed by atoms with Crippen LogP contribution in [0.2, 0.25) is 0 Å². The Morgan fingerprint density at radius 1 is 0.403 bits per heavy atom. The molecule has 18 heteroatoms. The van der Waals surface area contributed by atoms with Crippen molar-refractivity contribution in [3.8, 4) is 0 Å². The molecule has 8 atom stereocenters. The zero-order valence-corrected chi connectivity index (χ0v) is 37.4. The van der Waals surface area contributed by atoms with Crippen LogP contribution >= 0.6 is 0 Å². The zero-order valence-electron chi connectivity index (χ0n) is 37.4. The van der Waals surface area contributed by atoms with E-state index >= 15 is 0 Å². The second kappa shape index (κ2) is 32.0. The van der Waals surface area contributed by atoms with Crippen LogP contribution in [0.15, 0.2) is 0 Å². The smallest absolute Gasteiger partial charge is 0.311 e. The van der Waals surface area contributed by atoms with Crippen molar-refractivity contribution in [2.45, 2.75) is 164 Å². The summed E-state index contributed by atoms with van der Waals surface area (Å²) in [5.74, 6) is -24.0. The molecule has 0 aromatic heterocycles. The number of esters is 1. The highest BCUT2D eigenvalue weighted by molar-refractivity contribution is 5.79. The molecule has 0 saturated heterocycles. The summed E-state index contributed by atoms with van der Waals surface area (Å²) in [5.41, 5.74) is -0.321. The Bertz CT molecular complexity index is 1420. The highest BCUT2D eigenvalue weighted by Gasteiger charge is 2.38. The number of carbonyl (C=O) groups excluding carboxylic acids is 1. The molecule has 358 valence electrons. The zero-order chi connectivity index (χ0) is 48.2. The van der Waals surface area contributed by atoms with Gasteiger partial charge in [0.15, 0.2) is 0 Å². The monoisotopic (exact) mass is 890 g/mol. The van der Waals surface area contributed by atoms with E-state index in [-0.39, 0.29) is 17.8 Å². The highest BCUT2D eigenvalue weighted by atomic mass is 16.5. The second-order valence-corrected chi connectivity index (χ2v) is 17.1. The molecule has 0 rings (SSSR count). The van der Waals surface area contributed by atoms with Crippen LogP contribution in [-0.4, -0.2) is 101 Å². The fourth-order valence-corrected chi connectivity index (χ4v) is 6.91. The fourth-order valence-electron chi connectivity index (χ4n) is 6.91. The van der Waals surface area contributed by atoms with E-state index in [4.69, 9.17) is 9.84 Å². The summed E-state index contributed by atoms with van der Waals surface area (Å²) in [7, 11) is 0. The van der Waals surface area contributed by atoms with Gasteiger partial charge >= 0.3 is 53.7 Å². The van der Waals surface area contributed by atoms with Crippen LogP contribution in [0.25, 0.3) is 0 Å². The highest BCUT2D eigenvalue weighted by Crippen LogP contribution is 2.33. The molecule has 0 aliphatic rings. The van der Waals surface area contributed by atoms with E-state index in [1.54, 1.807) is 0 Å². The lowest BCUT2D eigenvalue weighted by atomic mass is 9.77. The lowest BCUT2D eigenvalue weighted by Gasteiger charge is -2.26. The van der Waals surface area contributed by atoms with Gasteiger partial charge in [-0.05, 0) is 78.1 Å². The summed E-state index contributed by atoms with van der Waals surface area (Å²) < 4.78 is 5.33. The SMILES string of the molecule is CCC(CC(CC(CC(CC(CC(CC(CC(C)C(=O)O)C(=O)O)C(=O)O)C(=O)O)C(=O)O)C(=O)O)C(=O)O)C(=O)O.CCCCCCCCCCCCOC(=O)C(C)(C)CC. The third kappa shape index (κ3) is 25.9. The van der Waals surface area contributed by atoms with Crippen molar-refractivity contribution in [3.63, 3.8) is 0 Å². The Morgan fingerprint density at radius 3 is 0.935 bits per heavy atom. The lowest BCUT2D eigenvalue weighted by Crippen LogP contribution is -2.32. The first-order valence-electron chi connectivity index (χ1n) is 21.9. The average molecular weight is 891 g/mol. The van der Waals surface area contributed by atoms with Crippen LogP contribution in [0, 0.1) is 52.8 Å². The Morgan fingerprint density at radius 2 is 0.677 bits per heavy atom. The van der Waals surface area contributed by atoms with E-state index in [0.717, 1.165) is 12.8 Å². The van der Waals surface area contributed by atoms with E-state index in [1.807, 2.05) is 20.8 Å². The minimum Gasteiger partial charge on any atom is -0.481 e. The summed E-state index contributed by atoms with van der Waals surface area (Å²) in [6, 6.07) is 0. The molecule has 8 N–H and O–H groups in total. The number of ether oxygens (including phenoxy) is 1. The molecule has 0 radical (unpaired) electrons. The van der Waals surface area contributed by atoms with Gasteiger partial charge in [-0.2, -0.15) is 0 Å². The van der Waals surface area contributed by atoms with Crippen LogP contribution in [0.5, 0.6) is 0 Å². The van der Waals surface area contributed by atoms with Gasteiger partial charge in [-0.1, -0.05) is 85.5 Å². The standard InChI is InChI=1S/C26H38O16.C18H36O2/c1-3-12(20(29)30)5-14(22(33)34)7-16(24(37)38)9-18(26(41)42)10-17(25(39)40)8-15(23(35)36)6-13(21(31)32)4-11(2)19(27)28;1-5-7-8-9-10-11-12-13-14-15-16-20-17(19)18(3,4)6-2/h11-18H,3-10H2,1-2H3,(H,27,28)(H,29,30)(H,31,32)(H,33,34)(H,35,36)(H,37,38)(H,39,40)(H,41,42);5-16H2,1-4H3. The molecule has 18 nitrogen and oxygen atoms in total. The maximum Gasteiger partial charge on any atom is 0.311 e. The molecular formula is C44H74O18. The summed E-state index contributed by atoms with van der Waals surface area (Å²) in [6.45, 7) is 11.5. The quantitative estimate of drug-likeness (QED) is 0.0221. The predicted octanol–water partition coefficient (Wildman–Crippen LogP) is 7.64. The topological polar surface area (TPSA) is 325 Å². The third-order valence-corrected chi connectivity index (χ3v) is 11.6. The van der Waals surface area contributed by atoms with Crippen molar-refractivity contribution in [2.75, 3.05) is 6.61 Å². The average Bonchev–Trinajstić information content (AvgIpc) is 3.18. The Balaban J connectivity index is 0. The van der Waals surface area contributed by atoms with E-state index in [0.29, 0.717) is 6.61 Å². The van der Waals surface area contributed by atoms with E-state index < -0.39 is 140 Å². The first-order valence-corrected chi connectivity index (χ1v) is 21.9. The Hall–Kier alpha value is -4.77. The first-order chi connectivity index (χ1) is 28.9. The second-order valence-electron chi connectivity index (χ2n) is 17.1. The first kappa shape index (κ1) is 59.3. The molecule has 0 spiro atoms. The maximum atomic E-state index is 12.0. The van der Waals surface area contributed by atoms with Crippen molar-refractivity contribution in [1.29, 1.82) is 0 Å². The van der Waals surface area contributed by atoms with Gasteiger partial charge in [0.05, 0.1) is 59.4 Å². The van der Waals surface area contributed by atoms with Crippen molar-refractivity contribution in [1.82, 2.24) is 0 Å². The van der Waals surface area contributed by atoms with Crippen molar-refractivity contribution < 1.29 is 88.7 Å². The number of rotatable bonds is 36. The largest absolute Gasteiger partial charge is 0.481 e. The predicted molar refractivity (Wildman–Crippen MR) is 224 cm³/mol. The van der Waals surface area contributed by atoms with Crippen LogP contribution in [-0.2, 0) is 47.9 Å². The van der Waals surface area contributed by atoms with Crippen molar-refractivity contribution in [2.24, 2.45) is 52.8 Å². The molecular weight excluding hydrogens is 816 g/mol. The van der Waals surface area contributed by atoms with Crippen molar-refractivity contribution in [3.05, 3.63) is 0 Å². The molecule has 0 fully saturated rings. The summed E-state index contributed by atoms with van der Waals surface area (Å²) in [6.07, 6.45) is 9.56. The molecule has 0 heterocycles. The number of unbranched alkanes of at least 4 members (excludes halogenated alkanes) is 9. The molecule has 8 unspecified atom stereocenters. The fraction of sp³-hybridized carbons (Fsp3) is 0.795. The van der Waals surface area contributed by atoms with Gasteiger partial charge < -0.3 is 45.6 Å². The Labute approximate surface area is 364 Å². The molecule has 0 amide bonds. The van der Waals surface area contributed by atoms with E-state index in [1.165, 1.54) is 71.6 Å². The number of carbonyl (C=O) groups is 9. The van der Waals surface area contributed by atoms with Crippen LogP contribution in [0.1, 0.15) is 164 Å². The van der Waals surface area contributed by atoms with Gasteiger partial charge in [0.25, 0.3) is 0 Å². The summed E-state index contributed by atoms with van der Waals surface area (Å²) >= 11 is 0. The number of carboxylic acids is 8. The van der Waals surface area contributed by atoms with Gasteiger partial charge in [0.2, 0.25) is 0 Å². The van der Waals surface area contributed by atoms with E-state index in [9.17, 15) is 78.9 Å². The summed E-state index contributed by atoms with van der Waals surface area (Å²) in [5, 5.41) is 76.0. The normalized spacial score (nSPS) is 15.2. The maximum absolute atomic E-state index is 12.0. The summed E-state index contributed by atoms with van der Waals surface area (Å²) in [4.78, 5) is 105. The number of hydrogen-bond donors (Lipinski definition) is 8. The van der Waals surface area contributed by atoms with Crippen LogP contribution < -0.4 is 0 Å². The van der Waals surface area contributed by atoms with Gasteiger partial charge in [-0.25, -0.2) is 0 Å². The van der Waals surface area contributed by atoms with Gasteiger partial charge in [-0.3, -0.25) is 43.2 Å².